The summed E-state index contributed by atoms with van der Waals surface area (Å²) in [6.07, 6.45) is -6.99. The maximum Gasteiger partial charge on any atom is 0.303 e. The number of esters is 1. The van der Waals surface area contributed by atoms with Crippen LogP contribution in [-0.4, -0.2) is 68.0 Å². The van der Waals surface area contributed by atoms with Crippen LogP contribution in [0.2, 0.25) is 0 Å². The lowest BCUT2D eigenvalue weighted by Gasteiger charge is -2.48. The molecule has 12 rings (SSSR count). The molecule has 462 valence electrons. The number of carbonyl (C=O) groups excluding carboxylic acids is 1. The summed E-state index contributed by atoms with van der Waals surface area (Å²) >= 11 is 0. The van der Waals surface area contributed by atoms with Crippen molar-refractivity contribution < 1.29 is 52.2 Å². The molecule has 10 atom stereocenters. The first-order valence-electron chi connectivity index (χ1n) is 31.3. The highest BCUT2D eigenvalue weighted by Crippen LogP contribution is 2.47. The third kappa shape index (κ3) is 16.6. The summed E-state index contributed by atoms with van der Waals surface area (Å²) in [4.78, 5) is 14.0. The molecule has 0 N–H and O–H groups in total. The zero-order valence-electron chi connectivity index (χ0n) is 51.1. The lowest BCUT2D eigenvalue weighted by molar-refractivity contribution is -0.271. The van der Waals surface area contributed by atoms with E-state index in [1.54, 1.807) is 0 Å². The quantitative estimate of drug-likeness (QED) is 0.0363. The van der Waals surface area contributed by atoms with Crippen LogP contribution in [0.4, 0.5) is 0 Å². The molecular weight excluding hydrogens is 1140 g/mol. The summed E-state index contributed by atoms with van der Waals surface area (Å²) < 4.78 is 72.0. The van der Waals surface area contributed by atoms with E-state index in [9.17, 15) is 4.79 Å². The minimum atomic E-state index is -1.09. The van der Waals surface area contributed by atoms with Crippen molar-refractivity contribution in [1.82, 2.24) is 0 Å². The molecule has 0 bridgehead atoms. The van der Waals surface area contributed by atoms with Gasteiger partial charge in [-0.05, 0) is 78.5 Å². The molecule has 0 aromatic heterocycles. The summed E-state index contributed by atoms with van der Waals surface area (Å²) in [7, 11) is 0. The SMILES string of the molecule is CC(=O)O[C@@H]1[C@@H](OCc2ccccc2)[C@H](OCc2ccccc2)[C@@H](COCc2ccccc2)O[C@H]1c1cc2ccccc2cc1[C@@H]1O[C@H](COCc2ccccc2)[C@@H](OCc2ccccc2)[C@H](OCc2ccccc2)[C@H]1OC=C(c1ccccc1)c1ccccc1. The Morgan fingerprint density at radius 2 is 0.648 bits per heavy atom. The Morgan fingerprint density at radius 3 is 1.00 bits per heavy atom. The highest BCUT2D eigenvalue weighted by Gasteiger charge is 2.54. The van der Waals surface area contributed by atoms with Crippen molar-refractivity contribution in [1.29, 1.82) is 0 Å². The summed E-state index contributed by atoms with van der Waals surface area (Å²) in [5.74, 6) is -0.520. The van der Waals surface area contributed by atoms with Crippen LogP contribution in [0.5, 0.6) is 0 Å². The van der Waals surface area contributed by atoms with Crippen LogP contribution in [0.3, 0.4) is 0 Å². The predicted octanol–water partition coefficient (Wildman–Crippen LogP) is 15.9. The van der Waals surface area contributed by atoms with Crippen LogP contribution in [0.1, 0.15) is 74.8 Å². The van der Waals surface area contributed by atoms with Crippen LogP contribution in [0.15, 0.2) is 285 Å². The Bertz CT molecular complexity index is 3780. The van der Waals surface area contributed by atoms with Gasteiger partial charge < -0.3 is 47.4 Å². The van der Waals surface area contributed by atoms with E-state index in [1.165, 1.54) is 6.92 Å². The minimum absolute atomic E-state index is 0.0978. The number of rotatable bonds is 27. The van der Waals surface area contributed by atoms with Gasteiger partial charge >= 0.3 is 5.97 Å². The second-order valence-corrected chi connectivity index (χ2v) is 23.0. The molecule has 0 radical (unpaired) electrons. The third-order valence-corrected chi connectivity index (χ3v) is 16.6. The molecule has 10 aromatic rings. The van der Waals surface area contributed by atoms with Crippen LogP contribution < -0.4 is 0 Å². The number of hydrogen-bond donors (Lipinski definition) is 0. The molecule has 10 aromatic carbocycles. The largest absolute Gasteiger partial charge is 0.491 e. The molecule has 2 saturated heterocycles. The Hall–Kier alpha value is -8.85. The predicted molar refractivity (Wildman–Crippen MR) is 352 cm³/mol. The van der Waals surface area contributed by atoms with Crippen LogP contribution in [-0.2, 0) is 91.8 Å². The van der Waals surface area contributed by atoms with Crippen molar-refractivity contribution in [2.45, 2.75) is 108 Å². The van der Waals surface area contributed by atoms with E-state index in [-0.39, 0.29) is 39.6 Å². The molecule has 91 heavy (non-hydrogen) atoms. The Morgan fingerprint density at radius 1 is 0.352 bits per heavy atom. The van der Waals surface area contributed by atoms with E-state index >= 15 is 0 Å². The molecule has 0 amide bonds. The zero-order chi connectivity index (χ0) is 61.8. The standard InChI is InChI=1S/C80H76O11/c1-57(81)89-80-74(91-72(56-83-49-59-30-12-3-13-31-59)76(85-51-61-34-16-5-17-35-61)79(80)87-53-63-38-20-7-21-39-63)69-47-67-45-27-26-44-66(67)46-68(69)73-77(88-54-70(64-40-22-8-23-41-64)65-42-24-9-25-43-65)78(86-52-62-36-18-6-19-37-62)75(84-50-60-32-14-4-15-33-60)71(90-73)55-82-48-58-28-10-2-11-29-58/h2-47,54,71-80H,48-53,55-56H2,1H3/t71-,72-,73+,74+,75-,76-,77+,78+,79+,80+/m1/s1. The van der Waals surface area contributed by atoms with Gasteiger partial charge in [0.25, 0.3) is 0 Å². The van der Waals surface area contributed by atoms with E-state index in [0.29, 0.717) is 24.3 Å². The van der Waals surface area contributed by atoms with E-state index in [0.717, 1.165) is 60.9 Å². The lowest BCUT2D eigenvalue weighted by Crippen LogP contribution is -2.59. The monoisotopic (exact) mass is 1210 g/mol. The van der Waals surface area contributed by atoms with Crippen LogP contribution >= 0.6 is 0 Å². The molecule has 0 aliphatic carbocycles. The van der Waals surface area contributed by atoms with E-state index in [1.807, 2.05) is 213 Å². The zero-order valence-corrected chi connectivity index (χ0v) is 51.1. The van der Waals surface area contributed by atoms with E-state index in [4.69, 9.17) is 47.4 Å². The van der Waals surface area contributed by atoms with Gasteiger partial charge in [-0.2, -0.15) is 0 Å². The number of fused-ring (bicyclic) bond motifs is 1. The molecule has 2 fully saturated rings. The molecule has 0 spiro atoms. The molecule has 0 saturated carbocycles. The van der Waals surface area contributed by atoms with Crippen molar-refractivity contribution in [2.75, 3.05) is 13.2 Å². The van der Waals surface area contributed by atoms with Gasteiger partial charge in [0.05, 0.1) is 59.1 Å². The van der Waals surface area contributed by atoms with Crippen molar-refractivity contribution in [2.24, 2.45) is 0 Å². The Balaban J connectivity index is 1.04. The Kier molecular flexibility index (Phi) is 21.7. The Labute approximate surface area is 533 Å². The van der Waals surface area contributed by atoms with Crippen molar-refractivity contribution in [3.8, 4) is 0 Å². The van der Waals surface area contributed by atoms with Crippen molar-refractivity contribution in [3.05, 3.63) is 341 Å². The molecule has 2 aliphatic heterocycles. The first kappa shape index (κ1) is 62.3. The summed E-state index contributed by atoms with van der Waals surface area (Å²) in [6, 6.07) is 93.3. The summed E-state index contributed by atoms with van der Waals surface area (Å²) in [6.45, 7) is 3.12. The van der Waals surface area contributed by atoms with Gasteiger partial charge in [0.2, 0.25) is 0 Å². The molecule has 0 unspecified atom stereocenters. The fourth-order valence-corrected chi connectivity index (χ4v) is 12.1. The molecule has 2 aliphatic rings. The molecule has 11 nitrogen and oxygen atoms in total. The number of hydrogen-bond acceptors (Lipinski definition) is 11. The van der Waals surface area contributed by atoms with Gasteiger partial charge in [-0.1, -0.05) is 267 Å². The fraction of sp³-hybridized carbons (Fsp3) is 0.237. The fourth-order valence-electron chi connectivity index (χ4n) is 12.1. The average molecular weight is 1210 g/mol. The smallest absolute Gasteiger partial charge is 0.303 e. The van der Waals surface area contributed by atoms with Crippen LogP contribution in [0, 0.1) is 0 Å². The first-order chi connectivity index (χ1) is 45.0. The number of ether oxygens (including phenoxy) is 10. The summed E-state index contributed by atoms with van der Waals surface area (Å²) in [5.41, 5.74) is 9.95. The topological polar surface area (TPSA) is 109 Å². The lowest BCUT2D eigenvalue weighted by atomic mass is 9.82. The third-order valence-electron chi connectivity index (χ3n) is 16.6. The van der Waals surface area contributed by atoms with Crippen LogP contribution in [0.25, 0.3) is 16.3 Å². The van der Waals surface area contributed by atoms with Gasteiger partial charge in [0.1, 0.15) is 48.8 Å². The highest BCUT2D eigenvalue weighted by molar-refractivity contribution is 5.84. The van der Waals surface area contributed by atoms with Gasteiger partial charge in [0, 0.05) is 12.5 Å². The minimum Gasteiger partial charge on any atom is -0.491 e. The van der Waals surface area contributed by atoms with E-state index < -0.39 is 67.0 Å². The van der Waals surface area contributed by atoms with Gasteiger partial charge in [-0.25, -0.2) is 0 Å². The molecular formula is C80H76O11. The second-order valence-electron chi connectivity index (χ2n) is 23.0. The number of carbonyl (C=O) groups is 1. The van der Waals surface area contributed by atoms with Crippen molar-refractivity contribution in [3.63, 3.8) is 0 Å². The average Bonchev–Trinajstić information content (AvgIpc) is 0.956. The molecule has 2 heterocycles. The summed E-state index contributed by atoms with van der Waals surface area (Å²) in [5, 5.41) is 1.85. The van der Waals surface area contributed by atoms with Crippen molar-refractivity contribution >= 4 is 22.3 Å². The van der Waals surface area contributed by atoms with Gasteiger partial charge in [-0.15, -0.1) is 0 Å². The highest BCUT2D eigenvalue weighted by atomic mass is 16.6. The normalized spacial score (nSPS) is 21.4. The number of benzene rings is 10. The van der Waals surface area contributed by atoms with Gasteiger partial charge in [0.15, 0.2) is 12.2 Å². The van der Waals surface area contributed by atoms with Gasteiger partial charge in [-0.3, -0.25) is 4.79 Å². The molecule has 11 heteroatoms. The second kappa shape index (κ2) is 31.7. The van der Waals surface area contributed by atoms with E-state index in [2.05, 4.69) is 72.8 Å². The maximum atomic E-state index is 14.0. The maximum absolute atomic E-state index is 14.0. The first-order valence-corrected chi connectivity index (χ1v) is 31.3.